The molecular weight excluding hydrogens is 372 g/mol. The van der Waals surface area contributed by atoms with Crippen LogP contribution in [-0.2, 0) is 10.0 Å². The van der Waals surface area contributed by atoms with E-state index in [1.165, 1.54) is 13.0 Å². The second-order valence-electron chi connectivity index (χ2n) is 3.50. The fraction of sp³-hybridized carbons (Fsp3) is 0.300. The molecule has 1 N–H and O–H groups in total. The Morgan fingerprint density at radius 2 is 1.94 bits per heavy atom. The molecule has 0 fully saturated rings. The van der Waals surface area contributed by atoms with Crippen molar-refractivity contribution < 1.29 is 8.42 Å². The van der Waals surface area contributed by atoms with Gasteiger partial charge in [0.15, 0.2) is 0 Å². The first-order valence-electron chi connectivity index (χ1n) is 4.65. The molecule has 1 unspecified atom stereocenters. The highest BCUT2D eigenvalue weighted by Gasteiger charge is 2.21. The Kier molecular flexibility index (Phi) is 4.72. The number of nitrogens with zero attached hydrogens (tertiary/aromatic N) is 1. The third kappa shape index (κ3) is 3.52. The number of nitriles is 1. The van der Waals surface area contributed by atoms with Crippen molar-refractivity contribution in [1.29, 1.82) is 5.26 Å². The maximum Gasteiger partial charge on any atom is 0.242 e. The minimum absolute atomic E-state index is 0.108. The summed E-state index contributed by atoms with van der Waals surface area (Å²) in [7, 11) is -3.69. The van der Waals surface area contributed by atoms with Crippen LogP contribution >= 0.6 is 31.9 Å². The van der Waals surface area contributed by atoms with Gasteiger partial charge in [0.1, 0.15) is 6.04 Å². The van der Waals surface area contributed by atoms with E-state index in [1.54, 1.807) is 6.07 Å². The fourth-order valence-electron chi connectivity index (χ4n) is 1.16. The Labute approximate surface area is 117 Å². The molecule has 1 aromatic rings. The Morgan fingerprint density at radius 3 is 2.47 bits per heavy atom. The zero-order valence-electron chi connectivity index (χ0n) is 9.16. The molecule has 17 heavy (non-hydrogen) atoms. The largest absolute Gasteiger partial charge is 0.242 e. The zero-order valence-corrected chi connectivity index (χ0v) is 13.1. The maximum absolute atomic E-state index is 12.0. The van der Waals surface area contributed by atoms with Crippen molar-refractivity contribution >= 4 is 41.9 Å². The quantitative estimate of drug-likeness (QED) is 0.874. The number of aryl methyl sites for hydroxylation is 1. The lowest BCUT2D eigenvalue weighted by Crippen LogP contribution is -2.31. The van der Waals surface area contributed by atoms with Gasteiger partial charge in [0.2, 0.25) is 10.0 Å². The molecule has 0 aliphatic rings. The van der Waals surface area contributed by atoms with Crippen LogP contribution in [0, 0.1) is 18.3 Å². The highest BCUT2D eigenvalue weighted by atomic mass is 79.9. The summed E-state index contributed by atoms with van der Waals surface area (Å²) in [5.41, 5.74) is 0.921. The standard InChI is InChI=1S/C10H10Br2N2O2S/c1-6-3-9(12)10(4-8(6)11)17(15,16)14-7(2)5-13/h3-4,7,14H,1-2H3. The number of halogens is 2. The highest BCUT2D eigenvalue weighted by Crippen LogP contribution is 2.28. The molecule has 0 aliphatic carbocycles. The number of sulfonamides is 1. The van der Waals surface area contributed by atoms with Crippen molar-refractivity contribution in [3.05, 3.63) is 26.6 Å². The Morgan fingerprint density at radius 1 is 1.35 bits per heavy atom. The van der Waals surface area contributed by atoms with Gasteiger partial charge in [-0.05, 0) is 47.5 Å². The van der Waals surface area contributed by atoms with Crippen LogP contribution in [0.25, 0.3) is 0 Å². The summed E-state index contributed by atoms with van der Waals surface area (Å²) in [6.45, 7) is 3.34. The first kappa shape index (κ1) is 14.6. The molecular formula is C10H10Br2N2O2S. The lowest BCUT2D eigenvalue weighted by atomic mass is 10.2. The van der Waals surface area contributed by atoms with Crippen molar-refractivity contribution in [2.24, 2.45) is 0 Å². The molecule has 0 aliphatic heterocycles. The van der Waals surface area contributed by atoms with Crippen molar-refractivity contribution in [3.63, 3.8) is 0 Å². The van der Waals surface area contributed by atoms with Gasteiger partial charge in [-0.15, -0.1) is 0 Å². The van der Waals surface area contributed by atoms with Gasteiger partial charge < -0.3 is 0 Å². The second kappa shape index (κ2) is 5.48. The smallest absolute Gasteiger partial charge is 0.207 e. The molecule has 0 saturated heterocycles. The van der Waals surface area contributed by atoms with Crippen molar-refractivity contribution in [1.82, 2.24) is 4.72 Å². The summed E-state index contributed by atoms with van der Waals surface area (Å²) in [5, 5.41) is 8.62. The molecule has 0 radical (unpaired) electrons. The monoisotopic (exact) mass is 380 g/mol. The second-order valence-corrected chi connectivity index (χ2v) is 6.89. The molecule has 1 atom stereocenters. The maximum atomic E-state index is 12.0. The van der Waals surface area contributed by atoms with E-state index >= 15 is 0 Å². The van der Waals surface area contributed by atoms with E-state index in [9.17, 15) is 8.42 Å². The van der Waals surface area contributed by atoms with E-state index in [-0.39, 0.29) is 4.90 Å². The fourth-order valence-corrected chi connectivity index (χ4v) is 3.98. The van der Waals surface area contributed by atoms with Gasteiger partial charge in [-0.3, -0.25) is 0 Å². The Hall–Kier alpha value is -0.420. The number of nitrogens with one attached hydrogen (secondary N) is 1. The van der Waals surface area contributed by atoms with Crippen LogP contribution in [0.2, 0.25) is 0 Å². The van der Waals surface area contributed by atoms with E-state index in [4.69, 9.17) is 5.26 Å². The molecule has 0 saturated carbocycles. The molecule has 1 rings (SSSR count). The summed E-state index contributed by atoms with van der Waals surface area (Å²) in [6, 6.07) is 4.26. The topological polar surface area (TPSA) is 70.0 Å². The summed E-state index contributed by atoms with van der Waals surface area (Å²) < 4.78 is 27.4. The molecule has 4 nitrogen and oxygen atoms in total. The van der Waals surface area contributed by atoms with Crippen LogP contribution in [0.3, 0.4) is 0 Å². The third-order valence-corrected chi connectivity index (χ3v) is 5.38. The summed E-state index contributed by atoms with van der Waals surface area (Å²) >= 11 is 6.48. The minimum atomic E-state index is -3.69. The van der Waals surface area contributed by atoms with E-state index in [2.05, 4.69) is 36.6 Å². The summed E-state index contributed by atoms with van der Waals surface area (Å²) in [6.07, 6.45) is 0. The number of hydrogen-bond acceptors (Lipinski definition) is 3. The van der Waals surface area contributed by atoms with E-state index in [1.807, 2.05) is 13.0 Å². The molecule has 7 heteroatoms. The summed E-state index contributed by atoms with van der Waals surface area (Å²) in [4.78, 5) is 0.108. The Bertz CT molecular complexity index is 579. The predicted octanol–water partition coefficient (Wildman–Crippen LogP) is 2.71. The first-order chi connectivity index (χ1) is 7.77. The average Bonchev–Trinajstić information content (AvgIpc) is 2.22. The van der Waals surface area contributed by atoms with Gasteiger partial charge in [-0.1, -0.05) is 15.9 Å². The first-order valence-corrected chi connectivity index (χ1v) is 7.72. The molecule has 1 aromatic carbocycles. The van der Waals surface area contributed by atoms with E-state index in [0.717, 1.165) is 5.56 Å². The Balaban J connectivity index is 3.26. The van der Waals surface area contributed by atoms with Crippen molar-refractivity contribution in [2.45, 2.75) is 24.8 Å². The van der Waals surface area contributed by atoms with Crippen LogP contribution < -0.4 is 4.72 Å². The van der Waals surface area contributed by atoms with E-state index < -0.39 is 16.1 Å². The van der Waals surface area contributed by atoms with Crippen molar-refractivity contribution in [2.75, 3.05) is 0 Å². The third-order valence-electron chi connectivity index (χ3n) is 2.03. The van der Waals surface area contributed by atoms with Crippen LogP contribution in [0.15, 0.2) is 26.0 Å². The average molecular weight is 382 g/mol. The van der Waals surface area contributed by atoms with Gasteiger partial charge >= 0.3 is 0 Å². The van der Waals surface area contributed by atoms with Crippen LogP contribution in [0.1, 0.15) is 12.5 Å². The lowest BCUT2D eigenvalue weighted by molar-refractivity contribution is 0.576. The molecule has 0 bridgehead atoms. The number of hydrogen-bond donors (Lipinski definition) is 1. The van der Waals surface area contributed by atoms with Gasteiger partial charge in [0.25, 0.3) is 0 Å². The van der Waals surface area contributed by atoms with Gasteiger partial charge in [0, 0.05) is 8.95 Å². The van der Waals surface area contributed by atoms with Crippen LogP contribution in [0.5, 0.6) is 0 Å². The predicted molar refractivity (Wildman–Crippen MR) is 72.0 cm³/mol. The number of benzene rings is 1. The number of rotatable bonds is 3. The molecule has 0 spiro atoms. The lowest BCUT2D eigenvalue weighted by Gasteiger charge is -2.11. The van der Waals surface area contributed by atoms with Crippen LogP contribution in [-0.4, -0.2) is 14.5 Å². The molecule has 0 aromatic heterocycles. The molecule has 0 heterocycles. The SMILES string of the molecule is Cc1cc(Br)c(S(=O)(=O)NC(C)C#N)cc1Br. The van der Waals surface area contributed by atoms with Gasteiger partial charge in [-0.25, -0.2) is 8.42 Å². The molecule has 92 valence electrons. The van der Waals surface area contributed by atoms with Gasteiger partial charge in [0.05, 0.1) is 11.0 Å². The van der Waals surface area contributed by atoms with E-state index in [0.29, 0.717) is 8.95 Å². The zero-order chi connectivity index (χ0) is 13.2. The van der Waals surface area contributed by atoms with Crippen LogP contribution in [0.4, 0.5) is 0 Å². The highest BCUT2D eigenvalue weighted by molar-refractivity contribution is 9.11. The normalized spacial score (nSPS) is 13.1. The summed E-state index contributed by atoms with van der Waals surface area (Å²) in [5.74, 6) is 0. The van der Waals surface area contributed by atoms with Crippen molar-refractivity contribution in [3.8, 4) is 6.07 Å². The molecule has 0 amide bonds. The van der Waals surface area contributed by atoms with Gasteiger partial charge in [-0.2, -0.15) is 9.98 Å². The minimum Gasteiger partial charge on any atom is -0.207 e.